The van der Waals surface area contributed by atoms with Crippen molar-refractivity contribution in [3.8, 4) is 6.07 Å². The van der Waals surface area contributed by atoms with Crippen molar-refractivity contribution in [3.05, 3.63) is 10.6 Å². The number of halogens is 3. The van der Waals surface area contributed by atoms with Crippen LogP contribution in [0.5, 0.6) is 0 Å². The van der Waals surface area contributed by atoms with Gasteiger partial charge in [0.15, 0.2) is 5.69 Å². The van der Waals surface area contributed by atoms with Crippen LogP contribution in [-0.2, 0) is 15.8 Å². The number of nitriles is 1. The minimum atomic E-state index is -4.78. The molecular weight excluding hydrogens is 321 g/mol. The summed E-state index contributed by atoms with van der Waals surface area (Å²) in [6.07, 6.45) is -4.79. The number of rotatable bonds is 4. The van der Waals surface area contributed by atoms with Gasteiger partial charge in [0.05, 0.1) is 0 Å². The third kappa shape index (κ3) is 3.54. The maximum absolute atomic E-state index is 12.8. The molecule has 0 saturated carbocycles. The first-order valence-corrected chi connectivity index (χ1v) is 7.06. The van der Waals surface area contributed by atoms with E-state index in [1.165, 1.54) is 27.0 Å². The zero-order chi connectivity index (χ0) is 17.1. The molecule has 2 amide bonds. The minimum absolute atomic E-state index is 0.00130. The van der Waals surface area contributed by atoms with E-state index in [0.717, 1.165) is 10.0 Å². The van der Waals surface area contributed by atoms with Crippen LogP contribution in [-0.4, -0.2) is 28.9 Å². The van der Waals surface area contributed by atoms with E-state index in [1.807, 2.05) is 0 Å². The summed E-state index contributed by atoms with van der Waals surface area (Å²) < 4.78 is 38.4. The fourth-order valence-corrected chi connectivity index (χ4v) is 2.41. The van der Waals surface area contributed by atoms with Gasteiger partial charge < -0.3 is 0 Å². The van der Waals surface area contributed by atoms with E-state index >= 15 is 0 Å². The lowest BCUT2D eigenvalue weighted by molar-refractivity contribution is -0.145. The molecule has 0 unspecified atom stereocenters. The molecule has 6 nitrogen and oxygen atoms in total. The Balaban J connectivity index is 3.29. The van der Waals surface area contributed by atoms with E-state index in [0.29, 0.717) is 11.3 Å². The zero-order valence-electron chi connectivity index (χ0n) is 12.1. The van der Waals surface area contributed by atoms with Crippen molar-refractivity contribution in [1.29, 1.82) is 5.26 Å². The molecule has 22 heavy (non-hydrogen) atoms. The number of thiazole rings is 1. The lowest BCUT2D eigenvalue weighted by Crippen LogP contribution is -2.48. The van der Waals surface area contributed by atoms with E-state index < -0.39 is 28.6 Å². The van der Waals surface area contributed by atoms with Crippen molar-refractivity contribution in [2.24, 2.45) is 0 Å². The number of carbonyl (C=O) groups is 2. The van der Waals surface area contributed by atoms with Crippen LogP contribution in [0.1, 0.15) is 37.3 Å². The molecule has 0 aliphatic rings. The average molecular weight is 334 g/mol. The molecule has 1 aromatic heterocycles. The number of hydrogen-bond donors (Lipinski definition) is 0. The summed E-state index contributed by atoms with van der Waals surface area (Å²) in [7, 11) is 1.25. The topological polar surface area (TPSA) is 77.3 Å². The summed E-state index contributed by atoms with van der Waals surface area (Å²) in [6, 6.07) is 1.42. The second-order valence-corrected chi connectivity index (χ2v) is 5.09. The van der Waals surface area contributed by atoms with Crippen molar-refractivity contribution < 1.29 is 22.8 Å². The van der Waals surface area contributed by atoms with Gasteiger partial charge in [0.25, 0.3) is 0 Å². The van der Waals surface area contributed by atoms with Gasteiger partial charge in [-0.15, -0.1) is 0 Å². The molecule has 0 aromatic carbocycles. The third-order valence-electron chi connectivity index (χ3n) is 2.64. The number of nitrogens with zero attached hydrogens (tertiary/aromatic N) is 4. The molecule has 0 N–H and O–H groups in total. The molecule has 0 bridgehead atoms. The second-order valence-electron chi connectivity index (χ2n) is 4.11. The van der Waals surface area contributed by atoms with Gasteiger partial charge in [0, 0.05) is 19.9 Å². The summed E-state index contributed by atoms with van der Waals surface area (Å²) in [5.74, 6) is -1.15. The van der Waals surface area contributed by atoms with Crippen LogP contribution < -0.4 is 5.01 Å². The van der Waals surface area contributed by atoms with Crippen LogP contribution in [0.4, 0.5) is 18.3 Å². The van der Waals surface area contributed by atoms with Crippen LogP contribution in [0, 0.1) is 11.3 Å². The molecule has 0 spiro atoms. The van der Waals surface area contributed by atoms with E-state index in [9.17, 15) is 22.8 Å². The van der Waals surface area contributed by atoms with Crippen LogP contribution in [0.2, 0.25) is 0 Å². The SMILES string of the molecule is CCC(=O)N(C(=O)CC)N(C)c1nc(C(F)(F)F)c(C#N)s1. The Labute approximate surface area is 128 Å². The number of carbonyl (C=O) groups excluding carboxylic acids is 2. The molecule has 1 heterocycles. The second kappa shape index (κ2) is 6.74. The van der Waals surface area contributed by atoms with Crippen LogP contribution >= 0.6 is 11.3 Å². The lowest BCUT2D eigenvalue weighted by Gasteiger charge is -2.29. The maximum atomic E-state index is 12.8. The Kier molecular flexibility index (Phi) is 5.48. The predicted octanol–water partition coefficient (Wildman–Crippen LogP) is 2.56. The number of hydrogen-bond acceptors (Lipinski definition) is 6. The molecule has 0 saturated heterocycles. The van der Waals surface area contributed by atoms with Crippen molar-refractivity contribution in [1.82, 2.24) is 9.99 Å². The average Bonchev–Trinajstić information content (AvgIpc) is 2.91. The van der Waals surface area contributed by atoms with Gasteiger partial charge in [-0.25, -0.2) is 4.98 Å². The van der Waals surface area contributed by atoms with E-state index in [2.05, 4.69) is 4.98 Å². The van der Waals surface area contributed by atoms with Gasteiger partial charge in [-0.1, -0.05) is 25.2 Å². The fourth-order valence-electron chi connectivity index (χ4n) is 1.57. The number of alkyl halides is 3. The highest BCUT2D eigenvalue weighted by molar-refractivity contribution is 7.16. The molecule has 1 rings (SSSR count). The van der Waals surface area contributed by atoms with Crippen molar-refractivity contribution in [3.63, 3.8) is 0 Å². The van der Waals surface area contributed by atoms with Gasteiger partial charge >= 0.3 is 6.18 Å². The Morgan fingerprint density at radius 2 is 1.77 bits per heavy atom. The first kappa shape index (κ1) is 17.9. The summed E-state index contributed by atoms with van der Waals surface area (Å²) >= 11 is 0.466. The van der Waals surface area contributed by atoms with E-state index in [4.69, 9.17) is 5.26 Å². The molecule has 1 aromatic rings. The van der Waals surface area contributed by atoms with Crippen molar-refractivity contribution in [2.45, 2.75) is 32.9 Å². The summed E-state index contributed by atoms with van der Waals surface area (Å²) in [4.78, 5) is 26.4. The van der Waals surface area contributed by atoms with Crippen LogP contribution in [0.3, 0.4) is 0 Å². The van der Waals surface area contributed by atoms with Gasteiger partial charge in [-0.2, -0.15) is 23.4 Å². The standard InChI is InChI=1S/C12H13F3N4O2S/c1-4-8(20)19(9(21)5-2)18(3)11-17-10(12(13,14)15)7(6-16)22-11/h4-5H2,1-3H3. The van der Waals surface area contributed by atoms with Crippen molar-refractivity contribution >= 4 is 28.3 Å². The molecule has 0 aliphatic heterocycles. The first-order chi connectivity index (χ1) is 10.2. The predicted molar refractivity (Wildman–Crippen MR) is 72.7 cm³/mol. The molecule has 0 atom stereocenters. The Bertz CT molecular complexity index is 605. The monoisotopic (exact) mass is 334 g/mol. The molecule has 120 valence electrons. The number of anilines is 1. The van der Waals surface area contributed by atoms with E-state index in [-0.39, 0.29) is 18.0 Å². The maximum Gasteiger partial charge on any atom is 0.435 e. The highest BCUT2D eigenvalue weighted by atomic mass is 32.1. The van der Waals surface area contributed by atoms with E-state index in [1.54, 1.807) is 0 Å². The number of aromatic nitrogens is 1. The quantitative estimate of drug-likeness (QED) is 0.791. The van der Waals surface area contributed by atoms with Crippen molar-refractivity contribution in [2.75, 3.05) is 12.1 Å². The lowest BCUT2D eigenvalue weighted by atomic mass is 10.3. The fraction of sp³-hybridized carbons (Fsp3) is 0.500. The summed E-state index contributed by atoms with van der Waals surface area (Å²) in [5.41, 5.74) is -1.32. The van der Waals surface area contributed by atoms with Gasteiger partial charge in [0.1, 0.15) is 10.9 Å². The minimum Gasteiger partial charge on any atom is -0.273 e. The molecule has 10 heteroatoms. The third-order valence-corrected chi connectivity index (χ3v) is 3.67. The Hall–Kier alpha value is -2.15. The zero-order valence-corrected chi connectivity index (χ0v) is 12.9. The van der Waals surface area contributed by atoms with Gasteiger partial charge in [-0.3, -0.25) is 14.6 Å². The normalized spacial score (nSPS) is 11.0. The molecule has 0 aliphatic carbocycles. The van der Waals surface area contributed by atoms with Gasteiger partial charge in [0.2, 0.25) is 16.9 Å². The van der Waals surface area contributed by atoms with Crippen LogP contribution in [0.25, 0.3) is 0 Å². The largest absolute Gasteiger partial charge is 0.435 e. The Morgan fingerprint density at radius 1 is 1.27 bits per heavy atom. The summed E-state index contributed by atoms with van der Waals surface area (Å²) in [5, 5.41) is 10.2. The molecule has 0 radical (unpaired) electrons. The number of amides is 2. The summed E-state index contributed by atoms with van der Waals surface area (Å²) in [6.45, 7) is 3.05. The Morgan fingerprint density at radius 3 is 2.09 bits per heavy atom. The number of imide groups is 1. The molecular formula is C12H13F3N4O2S. The highest BCUT2D eigenvalue weighted by Gasteiger charge is 2.39. The smallest absolute Gasteiger partial charge is 0.273 e. The van der Waals surface area contributed by atoms with Crippen LogP contribution in [0.15, 0.2) is 0 Å². The molecule has 0 fully saturated rings. The highest BCUT2D eigenvalue weighted by Crippen LogP contribution is 2.37. The first-order valence-electron chi connectivity index (χ1n) is 6.24. The van der Waals surface area contributed by atoms with Gasteiger partial charge in [-0.05, 0) is 0 Å². The number of hydrazine groups is 1.